The van der Waals surface area contributed by atoms with Gasteiger partial charge in [-0.3, -0.25) is 4.79 Å². The smallest absolute Gasteiger partial charge is 0.150 e. The average Bonchev–Trinajstić information content (AvgIpc) is 2.47. The normalized spacial score (nSPS) is 10.2. The third kappa shape index (κ3) is 3.11. The van der Waals surface area contributed by atoms with Crippen molar-refractivity contribution in [3.8, 4) is 5.75 Å². The minimum absolute atomic E-state index is 0.562. The Labute approximate surface area is 123 Å². The van der Waals surface area contributed by atoms with Crippen LogP contribution in [0.15, 0.2) is 42.5 Å². The molecule has 0 saturated carbocycles. The van der Waals surface area contributed by atoms with Crippen LogP contribution in [0.3, 0.4) is 0 Å². The molecule has 0 N–H and O–H groups in total. The highest BCUT2D eigenvalue weighted by Gasteiger charge is 2.10. The Hall–Kier alpha value is -2.00. The molecule has 4 heteroatoms. The fourth-order valence-corrected chi connectivity index (χ4v) is 2.41. The molecular formula is C16H16ClNO2. The van der Waals surface area contributed by atoms with Gasteiger partial charge in [0.05, 0.1) is 17.8 Å². The van der Waals surface area contributed by atoms with E-state index in [0.29, 0.717) is 17.1 Å². The number of methoxy groups -OCH3 is 1. The van der Waals surface area contributed by atoms with Gasteiger partial charge >= 0.3 is 0 Å². The van der Waals surface area contributed by atoms with Crippen LogP contribution in [0.1, 0.15) is 15.9 Å². The molecule has 2 aromatic carbocycles. The first kappa shape index (κ1) is 14.4. The van der Waals surface area contributed by atoms with Gasteiger partial charge in [0, 0.05) is 24.7 Å². The number of carbonyl (C=O) groups is 1. The summed E-state index contributed by atoms with van der Waals surface area (Å²) in [5.41, 5.74) is 2.53. The molecule has 0 aliphatic rings. The first-order valence-electron chi connectivity index (χ1n) is 6.23. The highest BCUT2D eigenvalue weighted by atomic mass is 35.5. The monoisotopic (exact) mass is 289 g/mol. The molecule has 0 fully saturated rings. The van der Waals surface area contributed by atoms with E-state index in [-0.39, 0.29) is 0 Å². The van der Waals surface area contributed by atoms with Crippen LogP contribution in [0.5, 0.6) is 5.75 Å². The lowest BCUT2D eigenvalue weighted by Crippen LogP contribution is -2.17. The number of ether oxygens (including phenoxy) is 1. The molecule has 2 aromatic rings. The van der Waals surface area contributed by atoms with E-state index in [1.807, 2.05) is 42.3 Å². The minimum atomic E-state index is 0.562. The van der Waals surface area contributed by atoms with Gasteiger partial charge in [-0.1, -0.05) is 29.8 Å². The van der Waals surface area contributed by atoms with Gasteiger partial charge in [-0.05, 0) is 24.3 Å². The van der Waals surface area contributed by atoms with Gasteiger partial charge < -0.3 is 9.64 Å². The van der Waals surface area contributed by atoms with Crippen LogP contribution in [-0.2, 0) is 6.54 Å². The zero-order chi connectivity index (χ0) is 14.5. The van der Waals surface area contributed by atoms with Crippen LogP contribution < -0.4 is 9.64 Å². The molecule has 0 bridgehead atoms. The fourth-order valence-electron chi connectivity index (χ4n) is 2.08. The van der Waals surface area contributed by atoms with Gasteiger partial charge in [0.25, 0.3) is 0 Å². The van der Waals surface area contributed by atoms with Crippen LogP contribution in [0.2, 0.25) is 5.02 Å². The number of rotatable bonds is 5. The lowest BCUT2D eigenvalue weighted by molar-refractivity contribution is 0.112. The summed E-state index contributed by atoms with van der Waals surface area (Å²) in [7, 11) is 3.61. The molecule has 0 spiro atoms. The van der Waals surface area contributed by atoms with Gasteiger partial charge in [0.1, 0.15) is 12.0 Å². The molecule has 0 aliphatic heterocycles. The van der Waals surface area contributed by atoms with Crippen molar-refractivity contribution in [3.05, 3.63) is 58.6 Å². The largest absolute Gasteiger partial charge is 0.496 e. The molecule has 3 nitrogen and oxygen atoms in total. The van der Waals surface area contributed by atoms with E-state index in [9.17, 15) is 4.79 Å². The standard InChI is InChI=1S/C16H16ClNO2/c1-18(10-13-5-3-4-6-16(13)20-2)15-8-7-12(11-19)9-14(15)17/h3-9,11H,10H2,1-2H3. The Morgan fingerprint density at radius 1 is 1.25 bits per heavy atom. The van der Waals surface area contributed by atoms with Crippen LogP contribution in [-0.4, -0.2) is 20.4 Å². The van der Waals surface area contributed by atoms with Crippen molar-refractivity contribution in [2.45, 2.75) is 6.54 Å². The van der Waals surface area contributed by atoms with Gasteiger partial charge in [-0.25, -0.2) is 0 Å². The number of nitrogens with zero attached hydrogens (tertiary/aromatic N) is 1. The number of carbonyl (C=O) groups excluding carboxylic acids is 1. The summed E-state index contributed by atoms with van der Waals surface area (Å²) in [6.07, 6.45) is 0.788. The van der Waals surface area contributed by atoms with Crippen molar-refractivity contribution in [2.24, 2.45) is 0 Å². The Bertz CT molecular complexity index is 613. The second kappa shape index (κ2) is 6.44. The molecule has 0 atom stereocenters. The molecule has 20 heavy (non-hydrogen) atoms. The second-order valence-corrected chi connectivity index (χ2v) is 4.90. The minimum Gasteiger partial charge on any atom is -0.496 e. The zero-order valence-electron chi connectivity index (χ0n) is 11.5. The summed E-state index contributed by atoms with van der Waals surface area (Å²) in [6, 6.07) is 13.1. The highest BCUT2D eigenvalue weighted by Crippen LogP contribution is 2.28. The van der Waals surface area contributed by atoms with Crippen molar-refractivity contribution in [1.29, 1.82) is 0 Å². The summed E-state index contributed by atoms with van der Waals surface area (Å²) >= 11 is 6.21. The van der Waals surface area contributed by atoms with Crippen LogP contribution in [0.25, 0.3) is 0 Å². The Balaban J connectivity index is 2.23. The second-order valence-electron chi connectivity index (χ2n) is 4.50. The lowest BCUT2D eigenvalue weighted by atomic mass is 10.1. The molecule has 0 aromatic heterocycles. The number of halogens is 1. The van der Waals surface area contributed by atoms with Crippen molar-refractivity contribution in [2.75, 3.05) is 19.1 Å². The predicted octanol–water partition coefficient (Wildman–Crippen LogP) is 3.80. The number of anilines is 1. The maximum Gasteiger partial charge on any atom is 0.150 e. The van der Waals surface area contributed by atoms with E-state index in [4.69, 9.17) is 16.3 Å². The molecule has 0 heterocycles. The summed E-state index contributed by atoms with van der Waals surface area (Å²) in [5, 5.41) is 0.562. The van der Waals surface area contributed by atoms with E-state index in [1.165, 1.54) is 0 Å². The summed E-state index contributed by atoms with van der Waals surface area (Å²) in [6.45, 7) is 0.671. The lowest BCUT2D eigenvalue weighted by Gasteiger charge is -2.22. The van der Waals surface area contributed by atoms with Crippen molar-refractivity contribution in [3.63, 3.8) is 0 Å². The topological polar surface area (TPSA) is 29.5 Å². The fraction of sp³-hybridized carbons (Fsp3) is 0.188. The summed E-state index contributed by atoms with van der Waals surface area (Å²) in [5.74, 6) is 0.847. The number of benzene rings is 2. The number of para-hydroxylation sites is 1. The van der Waals surface area contributed by atoms with Gasteiger partial charge in [-0.15, -0.1) is 0 Å². The number of aldehydes is 1. The maximum absolute atomic E-state index is 10.7. The molecule has 104 valence electrons. The van der Waals surface area contributed by atoms with Crippen molar-refractivity contribution in [1.82, 2.24) is 0 Å². The van der Waals surface area contributed by atoms with Crippen LogP contribution in [0.4, 0.5) is 5.69 Å². The van der Waals surface area contributed by atoms with E-state index < -0.39 is 0 Å². The van der Waals surface area contributed by atoms with Crippen molar-refractivity contribution >= 4 is 23.6 Å². The molecule has 0 aliphatic carbocycles. The summed E-state index contributed by atoms with van der Waals surface area (Å²) < 4.78 is 5.34. The Morgan fingerprint density at radius 3 is 2.65 bits per heavy atom. The van der Waals surface area contributed by atoms with Gasteiger partial charge in [-0.2, -0.15) is 0 Å². The predicted molar refractivity (Wildman–Crippen MR) is 81.9 cm³/mol. The molecule has 0 unspecified atom stereocenters. The van der Waals surface area contributed by atoms with E-state index in [1.54, 1.807) is 19.2 Å². The van der Waals surface area contributed by atoms with E-state index in [0.717, 1.165) is 23.3 Å². The van der Waals surface area contributed by atoms with Gasteiger partial charge in [0.15, 0.2) is 0 Å². The van der Waals surface area contributed by atoms with Crippen molar-refractivity contribution < 1.29 is 9.53 Å². The Kier molecular flexibility index (Phi) is 4.64. The molecule has 0 radical (unpaired) electrons. The van der Waals surface area contributed by atoms with Crippen LogP contribution in [0, 0.1) is 0 Å². The Morgan fingerprint density at radius 2 is 2.00 bits per heavy atom. The first-order valence-corrected chi connectivity index (χ1v) is 6.61. The summed E-state index contributed by atoms with van der Waals surface area (Å²) in [4.78, 5) is 12.7. The first-order chi connectivity index (χ1) is 9.65. The van der Waals surface area contributed by atoms with Gasteiger partial charge in [0.2, 0.25) is 0 Å². The number of hydrogen-bond donors (Lipinski definition) is 0. The molecular weight excluding hydrogens is 274 g/mol. The quantitative estimate of drug-likeness (QED) is 0.784. The molecule has 2 rings (SSSR count). The number of hydrogen-bond acceptors (Lipinski definition) is 3. The molecule has 0 saturated heterocycles. The zero-order valence-corrected chi connectivity index (χ0v) is 12.2. The average molecular weight is 290 g/mol. The third-order valence-corrected chi connectivity index (χ3v) is 3.42. The maximum atomic E-state index is 10.7. The third-order valence-electron chi connectivity index (χ3n) is 3.12. The van der Waals surface area contributed by atoms with E-state index in [2.05, 4.69) is 0 Å². The SMILES string of the molecule is COc1ccccc1CN(C)c1ccc(C=O)cc1Cl. The highest BCUT2D eigenvalue weighted by molar-refractivity contribution is 6.33. The van der Waals surface area contributed by atoms with E-state index >= 15 is 0 Å². The molecule has 0 amide bonds. The van der Waals surface area contributed by atoms with Crippen LogP contribution >= 0.6 is 11.6 Å².